The normalized spacial score (nSPS) is 20.6. The first-order chi connectivity index (χ1) is 14.4. The van der Waals surface area contributed by atoms with Crippen molar-refractivity contribution in [1.29, 1.82) is 0 Å². The summed E-state index contributed by atoms with van der Waals surface area (Å²) in [5, 5.41) is 21.7. The van der Waals surface area contributed by atoms with Crippen molar-refractivity contribution >= 4 is 22.7 Å². The summed E-state index contributed by atoms with van der Waals surface area (Å²) in [7, 11) is 0. The van der Waals surface area contributed by atoms with Gasteiger partial charge in [0, 0.05) is 38.3 Å². The van der Waals surface area contributed by atoms with E-state index in [1.165, 1.54) is 0 Å². The lowest BCUT2D eigenvalue weighted by Gasteiger charge is -2.17. The van der Waals surface area contributed by atoms with Crippen molar-refractivity contribution < 1.29 is 9.85 Å². The Labute approximate surface area is 176 Å². The fourth-order valence-electron chi connectivity index (χ4n) is 4.08. The zero-order chi connectivity index (χ0) is 21.7. The smallest absolute Gasteiger partial charge is 0.292 e. The van der Waals surface area contributed by atoms with Gasteiger partial charge in [-0.25, -0.2) is 0 Å². The van der Waals surface area contributed by atoms with E-state index in [9.17, 15) is 20.2 Å². The molecule has 30 heavy (non-hydrogen) atoms. The van der Waals surface area contributed by atoms with Crippen molar-refractivity contribution in [1.82, 2.24) is 0 Å². The minimum Gasteiger partial charge on any atom is -0.366 e. The molecule has 0 aliphatic carbocycles. The Bertz CT molecular complexity index is 831. The van der Waals surface area contributed by atoms with E-state index in [1.54, 1.807) is 24.3 Å². The molecule has 0 radical (unpaired) electrons. The molecule has 2 aromatic carbocycles. The standard InChI is InChI=1S/2C11H14N2O2/c2*1-9-6-7-12(8-9)10-4-2-3-5-11(10)13(14)15/h2*2-5,9H,6-8H2,1H3. The lowest BCUT2D eigenvalue weighted by molar-refractivity contribution is -0.384. The third-order valence-corrected chi connectivity index (χ3v) is 5.69. The SMILES string of the molecule is CC1CCN(c2ccccc2[N+](=O)[O-])C1.CC1CCN(c2ccccc2[N+](=O)[O-])C1. The number of rotatable bonds is 4. The average Bonchev–Trinajstić information content (AvgIpc) is 3.36. The van der Waals surface area contributed by atoms with Crippen molar-refractivity contribution in [2.45, 2.75) is 26.7 Å². The first kappa shape index (κ1) is 21.5. The van der Waals surface area contributed by atoms with E-state index in [4.69, 9.17) is 0 Å². The number of benzene rings is 2. The number of anilines is 2. The topological polar surface area (TPSA) is 92.8 Å². The van der Waals surface area contributed by atoms with Crippen LogP contribution in [0.15, 0.2) is 48.5 Å². The van der Waals surface area contributed by atoms with Gasteiger partial charge in [-0.05, 0) is 36.8 Å². The Hall–Kier alpha value is -3.16. The molecule has 2 atom stereocenters. The second kappa shape index (κ2) is 9.56. The third kappa shape index (κ3) is 5.06. The number of para-hydroxylation sites is 4. The molecule has 0 spiro atoms. The zero-order valence-corrected chi connectivity index (χ0v) is 17.4. The molecule has 0 bridgehead atoms. The van der Waals surface area contributed by atoms with Crippen LogP contribution in [0.1, 0.15) is 26.7 Å². The van der Waals surface area contributed by atoms with Crippen LogP contribution in [-0.4, -0.2) is 36.0 Å². The van der Waals surface area contributed by atoms with Gasteiger partial charge in [-0.2, -0.15) is 0 Å². The summed E-state index contributed by atoms with van der Waals surface area (Å²) in [5.41, 5.74) is 1.94. The van der Waals surface area contributed by atoms with Crippen LogP contribution in [0.3, 0.4) is 0 Å². The summed E-state index contributed by atoms with van der Waals surface area (Å²) in [5.74, 6) is 1.26. The van der Waals surface area contributed by atoms with Gasteiger partial charge in [0.2, 0.25) is 0 Å². The van der Waals surface area contributed by atoms with Gasteiger partial charge in [-0.3, -0.25) is 20.2 Å². The molecule has 8 nitrogen and oxygen atoms in total. The van der Waals surface area contributed by atoms with E-state index in [1.807, 2.05) is 24.3 Å². The largest absolute Gasteiger partial charge is 0.366 e. The number of hydrogen-bond donors (Lipinski definition) is 0. The first-order valence-corrected chi connectivity index (χ1v) is 10.3. The summed E-state index contributed by atoms with van der Waals surface area (Å²) in [6.07, 6.45) is 2.23. The molecule has 0 N–H and O–H groups in total. The van der Waals surface area contributed by atoms with Crippen molar-refractivity contribution in [2.24, 2.45) is 11.8 Å². The highest BCUT2D eigenvalue weighted by Gasteiger charge is 2.25. The molecule has 2 fully saturated rings. The quantitative estimate of drug-likeness (QED) is 0.525. The van der Waals surface area contributed by atoms with Crippen molar-refractivity contribution in [3.63, 3.8) is 0 Å². The van der Waals surface area contributed by atoms with Crippen LogP contribution < -0.4 is 9.80 Å². The van der Waals surface area contributed by atoms with E-state index in [0.29, 0.717) is 11.8 Å². The average molecular weight is 412 g/mol. The zero-order valence-electron chi connectivity index (χ0n) is 17.4. The maximum atomic E-state index is 10.8. The van der Waals surface area contributed by atoms with E-state index in [0.717, 1.165) is 50.4 Å². The number of nitro groups is 2. The molecule has 2 aliphatic heterocycles. The van der Waals surface area contributed by atoms with Crippen LogP contribution in [0.5, 0.6) is 0 Å². The van der Waals surface area contributed by atoms with Crippen LogP contribution in [0.25, 0.3) is 0 Å². The highest BCUT2D eigenvalue weighted by atomic mass is 16.6. The van der Waals surface area contributed by atoms with Gasteiger partial charge in [0.1, 0.15) is 11.4 Å². The van der Waals surface area contributed by atoms with E-state index >= 15 is 0 Å². The Balaban J connectivity index is 0.000000171. The van der Waals surface area contributed by atoms with Crippen molar-refractivity contribution in [3.05, 3.63) is 68.8 Å². The fourth-order valence-corrected chi connectivity index (χ4v) is 4.08. The molecule has 2 saturated heterocycles. The molecule has 4 rings (SSSR count). The van der Waals surface area contributed by atoms with E-state index < -0.39 is 0 Å². The summed E-state index contributed by atoms with van der Waals surface area (Å²) in [6, 6.07) is 13.9. The number of nitrogens with zero attached hydrogens (tertiary/aromatic N) is 4. The molecule has 8 heteroatoms. The molecule has 0 saturated carbocycles. The Morgan fingerprint density at radius 2 is 1.10 bits per heavy atom. The van der Waals surface area contributed by atoms with E-state index in [2.05, 4.69) is 23.6 Å². The summed E-state index contributed by atoms with van der Waals surface area (Å²) in [6.45, 7) is 8.04. The summed E-state index contributed by atoms with van der Waals surface area (Å²) in [4.78, 5) is 25.3. The van der Waals surface area contributed by atoms with Crippen LogP contribution >= 0.6 is 0 Å². The molecule has 0 aromatic heterocycles. The van der Waals surface area contributed by atoms with Gasteiger partial charge in [0.05, 0.1) is 9.85 Å². The molecule has 2 unspecified atom stereocenters. The molecule has 2 aromatic rings. The maximum absolute atomic E-state index is 10.8. The fraction of sp³-hybridized carbons (Fsp3) is 0.455. The van der Waals surface area contributed by atoms with Gasteiger partial charge in [0.25, 0.3) is 11.4 Å². The highest BCUT2D eigenvalue weighted by Crippen LogP contribution is 2.32. The molecule has 0 amide bonds. The highest BCUT2D eigenvalue weighted by molar-refractivity contribution is 5.64. The summed E-state index contributed by atoms with van der Waals surface area (Å²) < 4.78 is 0. The predicted molar refractivity (Wildman–Crippen MR) is 118 cm³/mol. The lowest BCUT2D eigenvalue weighted by Crippen LogP contribution is -2.20. The van der Waals surface area contributed by atoms with Crippen LogP contribution in [0.4, 0.5) is 22.7 Å². The maximum Gasteiger partial charge on any atom is 0.292 e. The number of hydrogen-bond acceptors (Lipinski definition) is 6. The molecule has 2 aliphatic rings. The van der Waals surface area contributed by atoms with Gasteiger partial charge < -0.3 is 9.80 Å². The predicted octanol–water partition coefficient (Wildman–Crippen LogP) is 4.88. The molecule has 160 valence electrons. The molecule has 2 heterocycles. The van der Waals surface area contributed by atoms with Gasteiger partial charge in [0.15, 0.2) is 0 Å². The Morgan fingerprint density at radius 1 is 0.733 bits per heavy atom. The Kier molecular flexibility index (Phi) is 6.87. The second-order valence-electron chi connectivity index (χ2n) is 8.17. The minimum absolute atomic E-state index is 0.214. The van der Waals surface area contributed by atoms with Crippen LogP contribution in [0, 0.1) is 32.1 Å². The molecular formula is C22H28N4O4. The number of nitro benzene ring substituents is 2. The van der Waals surface area contributed by atoms with Crippen molar-refractivity contribution in [2.75, 3.05) is 36.0 Å². The van der Waals surface area contributed by atoms with Gasteiger partial charge >= 0.3 is 0 Å². The monoisotopic (exact) mass is 412 g/mol. The van der Waals surface area contributed by atoms with Crippen LogP contribution in [-0.2, 0) is 0 Å². The first-order valence-electron chi connectivity index (χ1n) is 10.3. The van der Waals surface area contributed by atoms with E-state index in [-0.39, 0.29) is 21.2 Å². The Morgan fingerprint density at radius 3 is 1.40 bits per heavy atom. The van der Waals surface area contributed by atoms with Crippen LogP contribution in [0.2, 0.25) is 0 Å². The second-order valence-corrected chi connectivity index (χ2v) is 8.17. The van der Waals surface area contributed by atoms with Gasteiger partial charge in [-0.15, -0.1) is 0 Å². The summed E-state index contributed by atoms with van der Waals surface area (Å²) >= 11 is 0. The minimum atomic E-state index is -0.307. The van der Waals surface area contributed by atoms with Crippen molar-refractivity contribution in [3.8, 4) is 0 Å². The molecular weight excluding hydrogens is 384 g/mol. The van der Waals surface area contributed by atoms with Gasteiger partial charge in [-0.1, -0.05) is 38.1 Å². The third-order valence-electron chi connectivity index (χ3n) is 5.69. The lowest BCUT2D eigenvalue weighted by atomic mass is 10.2.